The van der Waals surface area contributed by atoms with Crippen molar-refractivity contribution in [2.75, 3.05) is 4.90 Å². The van der Waals surface area contributed by atoms with E-state index in [0.29, 0.717) is 0 Å². The summed E-state index contributed by atoms with van der Waals surface area (Å²) in [6.07, 6.45) is 0. The van der Waals surface area contributed by atoms with Crippen molar-refractivity contribution >= 4 is 122 Å². The van der Waals surface area contributed by atoms with E-state index >= 15 is 0 Å². The maximum absolute atomic E-state index is 2.44. The first kappa shape index (κ1) is 35.7. The van der Waals surface area contributed by atoms with Crippen LogP contribution < -0.4 is 4.90 Å². The number of anilines is 3. The first-order chi connectivity index (χ1) is 30.7. The molecular weight excluding hydrogens is 807 g/mol. The van der Waals surface area contributed by atoms with E-state index in [1.165, 1.54) is 110 Å². The van der Waals surface area contributed by atoms with Gasteiger partial charge in [-0.25, -0.2) is 0 Å². The van der Waals surface area contributed by atoms with Gasteiger partial charge in [0.25, 0.3) is 0 Å². The lowest BCUT2D eigenvalue weighted by atomic mass is 9.97. The van der Waals surface area contributed by atoms with Crippen LogP contribution in [0.4, 0.5) is 17.1 Å². The Hall–Kier alpha value is -7.08. The molecule has 0 N–H and O–H groups in total. The van der Waals surface area contributed by atoms with Gasteiger partial charge in [0.15, 0.2) is 0 Å². The van der Waals surface area contributed by atoms with E-state index in [1.54, 1.807) is 0 Å². The minimum absolute atomic E-state index is 1.12. The zero-order valence-electron chi connectivity index (χ0n) is 33.4. The van der Waals surface area contributed by atoms with Crippen molar-refractivity contribution in [2.24, 2.45) is 0 Å². The molecule has 0 saturated carbocycles. The van der Waals surface area contributed by atoms with Crippen molar-refractivity contribution < 1.29 is 0 Å². The number of thiophene rings is 3. The average molecular weight is 842 g/mol. The lowest BCUT2D eigenvalue weighted by molar-refractivity contribution is 1.30. The molecule has 4 heteroatoms. The Kier molecular flexibility index (Phi) is 8.20. The molecule has 0 saturated heterocycles. The highest BCUT2D eigenvalue weighted by Crippen LogP contribution is 2.48. The van der Waals surface area contributed by atoms with Crippen LogP contribution in [0.2, 0.25) is 0 Å². The fourth-order valence-electron chi connectivity index (χ4n) is 9.46. The second kappa shape index (κ2) is 14.3. The minimum atomic E-state index is 1.12. The fraction of sp³-hybridized carbons (Fsp3) is 0. The molecule has 0 radical (unpaired) electrons. The maximum Gasteiger partial charge on any atom is 0.0640 e. The normalized spacial score (nSPS) is 11.9. The zero-order chi connectivity index (χ0) is 40.7. The maximum atomic E-state index is 2.44. The van der Waals surface area contributed by atoms with Crippen molar-refractivity contribution in [1.82, 2.24) is 0 Å². The summed E-state index contributed by atoms with van der Waals surface area (Å²) in [7, 11) is 0. The van der Waals surface area contributed by atoms with Gasteiger partial charge < -0.3 is 4.90 Å². The van der Waals surface area contributed by atoms with E-state index in [-0.39, 0.29) is 0 Å². The van der Waals surface area contributed by atoms with Crippen LogP contribution in [-0.4, -0.2) is 0 Å². The molecule has 10 aromatic carbocycles. The third-order valence-corrected chi connectivity index (χ3v) is 16.1. The van der Waals surface area contributed by atoms with Crippen molar-refractivity contribution in [2.45, 2.75) is 0 Å². The van der Waals surface area contributed by atoms with E-state index in [2.05, 4.69) is 217 Å². The lowest BCUT2D eigenvalue weighted by Crippen LogP contribution is -2.10. The van der Waals surface area contributed by atoms with Gasteiger partial charge in [0.05, 0.1) is 10.4 Å². The number of hydrogen-bond donors (Lipinski definition) is 0. The van der Waals surface area contributed by atoms with Crippen LogP contribution in [0.25, 0.3) is 105 Å². The molecule has 62 heavy (non-hydrogen) atoms. The third kappa shape index (κ3) is 5.72. The predicted octanol–water partition coefficient (Wildman–Crippen LogP) is 18.4. The summed E-state index contributed by atoms with van der Waals surface area (Å²) < 4.78 is 8.01. The molecular formula is C58H35NS3. The third-order valence-electron chi connectivity index (χ3n) is 12.5. The van der Waals surface area contributed by atoms with Crippen LogP contribution in [0.5, 0.6) is 0 Å². The molecule has 0 aliphatic rings. The monoisotopic (exact) mass is 841 g/mol. The molecule has 0 unspecified atom stereocenters. The number of benzene rings is 10. The van der Waals surface area contributed by atoms with Crippen LogP contribution in [-0.2, 0) is 0 Å². The first-order valence-electron chi connectivity index (χ1n) is 21.0. The molecule has 0 amide bonds. The van der Waals surface area contributed by atoms with Gasteiger partial charge in [0.1, 0.15) is 0 Å². The van der Waals surface area contributed by atoms with Crippen LogP contribution in [0.1, 0.15) is 0 Å². The summed E-state index contributed by atoms with van der Waals surface area (Å²) in [5.41, 5.74) is 10.8. The Labute approximate surface area is 370 Å². The average Bonchev–Trinajstić information content (AvgIpc) is 4.04. The highest BCUT2D eigenvalue weighted by atomic mass is 32.1. The Morgan fingerprint density at radius 2 is 0.855 bits per heavy atom. The SMILES string of the molecule is c1ccc(-c2ccc3ccc(-c4ccc(N(c5ccc(-c6cccc7c6sc6c7ccc7sc8ccccc8c76)cc5)c5cccc6c5sc5ccccc56)cc4)cc3c2)cc1. The van der Waals surface area contributed by atoms with Gasteiger partial charge >= 0.3 is 0 Å². The first-order valence-corrected chi connectivity index (χ1v) is 23.4. The van der Waals surface area contributed by atoms with E-state index < -0.39 is 0 Å². The zero-order valence-corrected chi connectivity index (χ0v) is 35.8. The van der Waals surface area contributed by atoms with Gasteiger partial charge in [-0.3, -0.25) is 0 Å². The van der Waals surface area contributed by atoms with Crippen LogP contribution in [0.3, 0.4) is 0 Å². The highest BCUT2D eigenvalue weighted by Gasteiger charge is 2.20. The predicted molar refractivity (Wildman–Crippen MR) is 274 cm³/mol. The molecule has 0 aliphatic carbocycles. The number of rotatable bonds is 6. The van der Waals surface area contributed by atoms with Gasteiger partial charge in [0.2, 0.25) is 0 Å². The molecule has 0 bridgehead atoms. The molecule has 290 valence electrons. The second-order valence-electron chi connectivity index (χ2n) is 16.0. The Morgan fingerprint density at radius 3 is 1.60 bits per heavy atom. The molecule has 13 rings (SSSR count). The Balaban J connectivity index is 0.920. The fourth-order valence-corrected chi connectivity index (χ4v) is 13.2. The summed E-state index contributed by atoms with van der Waals surface area (Å²) in [5, 5.41) is 10.5. The highest BCUT2D eigenvalue weighted by molar-refractivity contribution is 7.30. The Morgan fingerprint density at radius 1 is 0.290 bits per heavy atom. The second-order valence-corrected chi connectivity index (χ2v) is 19.2. The molecule has 3 heterocycles. The standard InChI is InChI=1S/C58H35NS3/c1-2-10-36(11-3-1)40-22-20-38-21-23-41(35-42(38)34-40)37-24-28-43(29-25-37)59(51-17-9-16-47-46-12-4-6-18-52(46)61-57(47)51)44-30-26-39(27-31-44)45-14-8-15-48-49-32-33-54-55(58(49)62-56(45)48)50-13-5-7-19-53(50)60-54/h1-35H. The van der Waals surface area contributed by atoms with Gasteiger partial charge in [-0.05, 0) is 105 Å². The summed E-state index contributed by atoms with van der Waals surface area (Å²) in [5.74, 6) is 0. The lowest BCUT2D eigenvalue weighted by Gasteiger charge is -2.26. The quantitative estimate of drug-likeness (QED) is 0.161. The minimum Gasteiger partial charge on any atom is -0.309 e. The molecule has 0 aliphatic heterocycles. The summed E-state index contributed by atoms with van der Waals surface area (Å²) in [6, 6.07) is 78.4. The molecule has 3 aromatic heterocycles. The summed E-state index contributed by atoms with van der Waals surface area (Å²) in [4.78, 5) is 2.44. The summed E-state index contributed by atoms with van der Waals surface area (Å²) >= 11 is 5.70. The smallest absolute Gasteiger partial charge is 0.0640 e. The van der Waals surface area contributed by atoms with Gasteiger partial charge in [-0.1, -0.05) is 152 Å². The van der Waals surface area contributed by atoms with Crippen molar-refractivity contribution in [1.29, 1.82) is 0 Å². The molecule has 1 nitrogen and oxygen atoms in total. The van der Waals surface area contributed by atoms with Gasteiger partial charge in [-0.15, -0.1) is 34.0 Å². The van der Waals surface area contributed by atoms with Crippen LogP contribution in [0.15, 0.2) is 212 Å². The van der Waals surface area contributed by atoms with Crippen molar-refractivity contribution in [3.8, 4) is 33.4 Å². The van der Waals surface area contributed by atoms with Gasteiger partial charge in [-0.2, -0.15) is 0 Å². The van der Waals surface area contributed by atoms with Gasteiger partial charge in [0, 0.05) is 67.2 Å². The summed E-state index contributed by atoms with van der Waals surface area (Å²) in [6.45, 7) is 0. The topological polar surface area (TPSA) is 3.24 Å². The van der Waals surface area contributed by atoms with E-state index in [0.717, 1.165) is 11.4 Å². The van der Waals surface area contributed by atoms with Crippen molar-refractivity contribution in [3.63, 3.8) is 0 Å². The van der Waals surface area contributed by atoms with E-state index in [1.807, 2.05) is 34.0 Å². The van der Waals surface area contributed by atoms with E-state index in [9.17, 15) is 0 Å². The number of fused-ring (bicyclic) bond motifs is 11. The van der Waals surface area contributed by atoms with Crippen LogP contribution in [0, 0.1) is 0 Å². The molecule has 13 aromatic rings. The largest absolute Gasteiger partial charge is 0.309 e. The molecule has 0 fully saturated rings. The Bertz CT molecular complexity index is 3850. The molecule has 0 spiro atoms. The van der Waals surface area contributed by atoms with E-state index in [4.69, 9.17) is 0 Å². The number of hydrogen-bond acceptors (Lipinski definition) is 4. The van der Waals surface area contributed by atoms with Crippen LogP contribution >= 0.6 is 34.0 Å². The van der Waals surface area contributed by atoms with Crippen molar-refractivity contribution in [3.05, 3.63) is 212 Å². The molecule has 0 atom stereocenters. The number of nitrogens with zero attached hydrogens (tertiary/aromatic N) is 1.